The molecule has 1 unspecified atom stereocenters. The van der Waals surface area contributed by atoms with E-state index in [-0.39, 0.29) is 0 Å². The van der Waals surface area contributed by atoms with Gasteiger partial charge in [-0.15, -0.1) is 0 Å². The van der Waals surface area contributed by atoms with E-state index in [2.05, 4.69) is 0 Å². The lowest BCUT2D eigenvalue weighted by atomic mass is 10.1. The summed E-state index contributed by atoms with van der Waals surface area (Å²) in [4.78, 5) is 19.8. The average Bonchev–Trinajstić information content (AvgIpc) is 2.20. The smallest absolute Gasteiger partial charge is 0.337 e. The first-order valence-electron chi connectivity index (χ1n) is 3.92. The van der Waals surface area contributed by atoms with Crippen LogP contribution in [-0.4, -0.2) is 26.2 Å². The number of aliphatic hydroxyl groups is 1. The molecule has 1 aromatic rings. The molecule has 3 N–H and O–H groups in total. The number of hydrogen-bond acceptors (Lipinski definition) is 5. The van der Waals surface area contributed by atoms with Crippen LogP contribution >= 0.6 is 0 Å². The van der Waals surface area contributed by atoms with Gasteiger partial charge in [0.25, 0.3) is 5.69 Å². The summed E-state index contributed by atoms with van der Waals surface area (Å²) in [6.07, 6.45) is -2.23. The topological polar surface area (TPSA) is 121 Å². The lowest BCUT2D eigenvalue weighted by Crippen LogP contribution is -2.11. The van der Waals surface area contributed by atoms with Gasteiger partial charge in [0.2, 0.25) is 0 Å². The molecule has 0 aromatic heterocycles. The molecule has 0 saturated carbocycles. The van der Waals surface area contributed by atoms with Crippen LogP contribution in [-0.2, 0) is 4.79 Å². The first kappa shape index (κ1) is 11.9. The summed E-state index contributed by atoms with van der Waals surface area (Å²) in [6, 6.07) is 1.02. The second-order valence-electron chi connectivity index (χ2n) is 2.86. The molecule has 16 heavy (non-hydrogen) atoms. The largest absolute Gasteiger partial charge is 0.505 e. The van der Waals surface area contributed by atoms with Crippen molar-refractivity contribution < 1.29 is 29.4 Å². The van der Waals surface area contributed by atoms with Crippen molar-refractivity contribution >= 4 is 11.7 Å². The highest BCUT2D eigenvalue weighted by atomic mass is 19.1. The van der Waals surface area contributed by atoms with Crippen LogP contribution < -0.4 is 0 Å². The van der Waals surface area contributed by atoms with Gasteiger partial charge in [0.05, 0.1) is 11.0 Å². The van der Waals surface area contributed by atoms with Gasteiger partial charge in [-0.1, -0.05) is 0 Å². The summed E-state index contributed by atoms with van der Waals surface area (Å²) in [7, 11) is 0. The molecule has 0 bridgehead atoms. The average molecular weight is 231 g/mol. The van der Waals surface area contributed by atoms with Crippen molar-refractivity contribution in [2.45, 2.75) is 6.10 Å². The Labute approximate surface area is 87.5 Å². The molecule has 86 valence electrons. The number of phenolic OH excluding ortho intramolecular Hbond substituents is 1. The van der Waals surface area contributed by atoms with Gasteiger partial charge in [-0.2, -0.15) is 0 Å². The Kier molecular flexibility index (Phi) is 3.04. The fourth-order valence-corrected chi connectivity index (χ4v) is 1.05. The molecule has 1 rings (SSSR count). The van der Waals surface area contributed by atoms with E-state index in [1.54, 1.807) is 0 Å². The minimum atomic E-state index is -2.23. The highest BCUT2D eigenvalue weighted by Crippen LogP contribution is 2.31. The van der Waals surface area contributed by atoms with E-state index in [1.807, 2.05) is 0 Å². The SMILES string of the molecule is O=C(O)C(O)c1cc([N+](=O)[O-])cc(F)c1O. The van der Waals surface area contributed by atoms with Crippen LogP contribution in [0, 0.1) is 15.9 Å². The van der Waals surface area contributed by atoms with Gasteiger partial charge in [0.1, 0.15) is 0 Å². The molecule has 0 aliphatic carbocycles. The molecule has 0 aliphatic heterocycles. The number of carboxylic acid groups (broad SMARTS) is 1. The number of aliphatic carboxylic acids is 1. The predicted molar refractivity (Wildman–Crippen MR) is 47.3 cm³/mol. The predicted octanol–water partition coefficient (Wildman–Crippen LogP) is 0.557. The third-order valence-electron chi connectivity index (χ3n) is 1.82. The number of nitro benzene ring substituents is 1. The van der Waals surface area contributed by atoms with Crippen molar-refractivity contribution in [1.82, 2.24) is 0 Å². The van der Waals surface area contributed by atoms with Gasteiger partial charge in [-0.3, -0.25) is 10.1 Å². The Morgan fingerprint density at radius 1 is 1.50 bits per heavy atom. The number of carbonyl (C=O) groups is 1. The summed E-state index contributed by atoms with van der Waals surface area (Å²) < 4.78 is 13.0. The van der Waals surface area contributed by atoms with E-state index in [0.29, 0.717) is 12.1 Å². The summed E-state index contributed by atoms with van der Waals surface area (Å²) in [5.41, 5.74) is -1.52. The minimum Gasteiger partial charge on any atom is -0.505 e. The number of aromatic hydroxyl groups is 1. The Morgan fingerprint density at radius 3 is 2.50 bits per heavy atom. The summed E-state index contributed by atoms with van der Waals surface area (Å²) >= 11 is 0. The van der Waals surface area contributed by atoms with Crippen molar-refractivity contribution in [3.63, 3.8) is 0 Å². The van der Waals surface area contributed by atoms with Crippen LogP contribution in [0.1, 0.15) is 11.7 Å². The van der Waals surface area contributed by atoms with E-state index < -0.39 is 39.8 Å². The third-order valence-corrected chi connectivity index (χ3v) is 1.82. The molecule has 8 heteroatoms. The lowest BCUT2D eigenvalue weighted by molar-refractivity contribution is -0.385. The lowest BCUT2D eigenvalue weighted by Gasteiger charge is -2.08. The summed E-state index contributed by atoms with van der Waals surface area (Å²) in [5.74, 6) is -4.25. The number of aliphatic hydroxyl groups excluding tert-OH is 1. The van der Waals surface area contributed by atoms with Gasteiger partial charge in [-0.25, -0.2) is 9.18 Å². The number of non-ortho nitro benzene ring substituents is 1. The maximum atomic E-state index is 13.0. The van der Waals surface area contributed by atoms with Crippen molar-refractivity contribution in [2.24, 2.45) is 0 Å². The zero-order valence-corrected chi connectivity index (χ0v) is 7.62. The molecule has 0 radical (unpaired) electrons. The van der Waals surface area contributed by atoms with Crippen LogP contribution in [0.15, 0.2) is 12.1 Å². The highest BCUT2D eigenvalue weighted by Gasteiger charge is 2.25. The van der Waals surface area contributed by atoms with E-state index >= 15 is 0 Å². The van der Waals surface area contributed by atoms with E-state index in [0.717, 1.165) is 0 Å². The number of hydrogen-bond donors (Lipinski definition) is 3. The van der Waals surface area contributed by atoms with Crippen molar-refractivity contribution in [3.05, 3.63) is 33.6 Å². The zero-order valence-electron chi connectivity index (χ0n) is 7.62. The van der Waals surface area contributed by atoms with E-state index in [4.69, 9.17) is 15.3 Å². The summed E-state index contributed by atoms with van der Waals surface area (Å²) in [5, 5.41) is 36.9. The van der Waals surface area contributed by atoms with Crippen LogP contribution in [0.25, 0.3) is 0 Å². The van der Waals surface area contributed by atoms with Crippen molar-refractivity contribution in [3.8, 4) is 5.75 Å². The maximum absolute atomic E-state index is 13.0. The van der Waals surface area contributed by atoms with Gasteiger partial charge < -0.3 is 15.3 Å². The minimum absolute atomic E-state index is 0.424. The quantitative estimate of drug-likeness (QED) is 0.516. The molecule has 1 aromatic carbocycles. The second kappa shape index (κ2) is 4.11. The van der Waals surface area contributed by atoms with Gasteiger partial charge in [0, 0.05) is 11.6 Å². The number of rotatable bonds is 3. The number of benzene rings is 1. The van der Waals surface area contributed by atoms with Crippen LogP contribution in [0.5, 0.6) is 5.75 Å². The maximum Gasteiger partial charge on any atom is 0.337 e. The number of nitro groups is 1. The molecule has 0 aliphatic rings. The van der Waals surface area contributed by atoms with Crippen LogP contribution in [0.4, 0.5) is 10.1 Å². The monoisotopic (exact) mass is 231 g/mol. The number of nitrogens with zero attached hydrogens (tertiary/aromatic N) is 1. The Hall–Kier alpha value is -2.22. The Morgan fingerprint density at radius 2 is 2.06 bits per heavy atom. The standard InChI is InChI=1S/C8H6FNO6/c9-5-2-3(10(15)16)1-4(6(5)11)7(12)8(13)14/h1-2,7,11-12H,(H,13,14). The zero-order chi connectivity index (χ0) is 12.5. The Bertz CT molecular complexity index is 460. The molecular weight excluding hydrogens is 225 g/mol. The molecule has 0 fully saturated rings. The van der Waals surface area contributed by atoms with Gasteiger partial charge in [0.15, 0.2) is 17.7 Å². The van der Waals surface area contributed by atoms with E-state index in [9.17, 15) is 19.3 Å². The van der Waals surface area contributed by atoms with E-state index in [1.165, 1.54) is 0 Å². The molecule has 0 amide bonds. The van der Waals surface area contributed by atoms with Crippen molar-refractivity contribution in [2.75, 3.05) is 0 Å². The second-order valence-corrected chi connectivity index (χ2v) is 2.86. The van der Waals surface area contributed by atoms with Crippen molar-refractivity contribution in [1.29, 1.82) is 0 Å². The first-order valence-corrected chi connectivity index (χ1v) is 3.92. The number of phenols is 1. The van der Waals surface area contributed by atoms with Crippen LogP contribution in [0.3, 0.4) is 0 Å². The first-order chi connectivity index (χ1) is 7.34. The highest BCUT2D eigenvalue weighted by molar-refractivity contribution is 5.75. The van der Waals surface area contributed by atoms with Gasteiger partial charge >= 0.3 is 5.97 Å². The normalized spacial score (nSPS) is 12.1. The number of halogens is 1. The van der Waals surface area contributed by atoms with Gasteiger partial charge in [-0.05, 0) is 0 Å². The molecule has 0 saturated heterocycles. The Balaban J connectivity index is 3.37. The fraction of sp³-hybridized carbons (Fsp3) is 0.125. The third kappa shape index (κ3) is 2.06. The molecule has 7 nitrogen and oxygen atoms in total. The molecule has 0 spiro atoms. The molecule has 1 atom stereocenters. The summed E-state index contributed by atoms with van der Waals surface area (Å²) in [6.45, 7) is 0. The molecule has 0 heterocycles. The fourth-order valence-electron chi connectivity index (χ4n) is 1.05. The number of carboxylic acids is 1. The molecular formula is C8H6FNO6. The van der Waals surface area contributed by atoms with Crippen LogP contribution in [0.2, 0.25) is 0 Å².